The van der Waals surface area contributed by atoms with Crippen LogP contribution >= 0.6 is 0 Å². The number of phenolic OH excluding ortho intramolecular Hbond substituents is 1. The highest BCUT2D eigenvalue weighted by Gasteiger charge is 2.62. The van der Waals surface area contributed by atoms with Crippen LogP contribution in [0.2, 0.25) is 0 Å². The Labute approximate surface area is 119 Å². The molecule has 2 aliphatic carbocycles. The molecule has 2 bridgehead atoms. The number of hydrogen-bond acceptors (Lipinski definition) is 3. The largest absolute Gasteiger partial charge is 0.504 e. The molecule has 20 heavy (non-hydrogen) atoms. The molecule has 0 amide bonds. The zero-order valence-electron chi connectivity index (χ0n) is 11.9. The number of piperidine rings is 1. The maximum atomic E-state index is 10.2. The highest BCUT2D eigenvalue weighted by Crippen LogP contribution is 2.63. The Morgan fingerprint density at radius 3 is 3.15 bits per heavy atom. The third-order valence-electron chi connectivity index (χ3n) is 6.50. The van der Waals surface area contributed by atoms with Crippen LogP contribution in [0, 0.1) is 5.92 Å². The van der Waals surface area contributed by atoms with Gasteiger partial charge in [0.05, 0.1) is 0 Å². The van der Waals surface area contributed by atoms with Crippen molar-refractivity contribution < 1.29 is 9.84 Å². The van der Waals surface area contributed by atoms with Crippen molar-refractivity contribution in [2.24, 2.45) is 5.92 Å². The number of aromatic hydroxyl groups is 1. The third kappa shape index (κ3) is 1.09. The molecule has 5 rings (SSSR count). The molecule has 2 heterocycles. The second-order valence-electron chi connectivity index (χ2n) is 7.13. The molecule has 4 aliphatic rings. The van der Waals surface area contributed by atoms with Crippen molar-refractivity contribution in [2.45, 2.75) is 49.7 Å². The first-order valence-electron chi connectivity index (χ1n) is 7.94. The molecule has 3 heteroatoms. The molecule has 1 spiro atoms. The molecule has 1 aromatic rings. The lowest BCUT2D eigenvalue weighted by atomic mass is 9.52. The number of phenols is 1. The minimum atomic E-state index is 0.205. The van der Waals surface area contributed by atoms with E-state index in [0.29, 0.717) is 17.9 Å². The van der Waals surface area contributed by atoms with Gasteiger partial charge in [0.1, 0.15) is 6.10 Å². The normalized spacial score (nSPS) is 41.1. The van der Waals surface area contributed by atoms with E-state index in [2.05, 4.69) is 18.0 Å². The van der Waals surface area contributed by atoms with Crippen molar-refractivity contribution in [3.05, 3.63) is 23.3 Å². The Bertz CT molecular complexity index is 599. The predicted molar refractivity (Wildman–Crippen MR) is 76.3 cm³/mol. The van der Waals surface area contributed by atoms with Gasteiger partial charge in [-0.15, -0.1) is 0 Å². The van der Waals surface area contributed by atoms with Gasteiger partial charge in [-0.1, -0.05) is 6.07 Å². The number of likely N-dealkylation sites (tertiary alicyclic amines) is 1. The smallest absolute Gasteiger partial charge is 0.165 e. The van der Waals surface area contributed by atoms with Gasteiger partial charge in [0.15, 0.2) is 11.5 Å². The zero-order valence-corrected chi connectivity index (χ0v) is 11.9. The van der Waals surface area contributed by atoms with Gasteiger partial charge in [-0.25, -0.2) is 0 Å². The molecule has 1 saturated carbocycles. The third-order valence-corrected chi connectivity index (χ3v) is 6.50. The zero-order chi connectivity index (χ0) is 13.5. The van der Waals surface area contributed by atoms with E-state index in [0.717, 1.165) is 31.1 Å². The van der Waals surface area contributed by atoms with Crippen LogP contribution in [0.15, 0.2) is 12.1 Å². The van der Waals surface area contributed by atoms with E-state index in [9.17, 15) is 5.11 Å². The van der Waals surface area contributed by atoms with E-state index in [1.165, 1.54) is 30.4 Å². The monoisotopic (exact) mass is 271 g/mol. The molecule has 1 saturated heterocycles. The fourth-order valence-corrected chi connectivity index (χ4v) is 5.71. The molecule has 0 radical (unpaired) electrons. The summed E-state index contributed by atoms with van der Waals surface area (Å²) in [6, 6.07) is 4.63. The number of rotatable bonds is 0. The molecular weight excluding hydrogens is 250 g/mol. The Morgan fingerprint density at radius 2 is 2.25 bits per heavy atom. The molecule has 3 nitrogen and oxygen atoms in total. The van der Waals surface area contributed by atoms with Crippen molar-refractivity contribution in [1.29, 1.82) is 0 Å². The van der Waals surface area contributed by atoms with Crippen LogP contribution in [-0.2, 0) is 11.8 Å². The molecule has 106 valence electrons. The van der Waals surface area contributed by atoms with Crippen molar-refractivity contribution >= 4 is 0 Å². The second-order valence-corrected chi connectivity index (χ2v) is 7.13. The second kappa shape index (κ2) is 3.51. The lowest BCUT2D eigenvalue weighted by Gasteiger charge is -2.57. The van der Waals surface area contributed by atoms with Gasteiger partial charge < -0.3 is 14.7 Å². The number of likely N-dealkylation sites (N-methyl/N-ethyl adjacent to an activating group) is 1. The highest BCUT2D eigenvalue weighted by atomic mass is 16.5. The van der Waals surface area contributed by atoms with E-state index in [1.807, 2.05) is 6.07 Å². The first-order chi connectivity index (χ1) is 9.72. The summed E-state index contributed by atoms with van der Waals surface area (Å²) in [6.45, 7) is 1.16. The lowest BCUT2D eigenvalue weighted by molar-refractivity contribution is -0.0426. The molecule has 1 aromatic carbocycles. The summed E-state index contributed by atoms with van der Waals surface area (Å²) in [5.74, 6) is 1.89. The maximum Gasteiger partial charge on any atom is 0.165 e. The molecule has 0 aromatic heterocycles. The van der Waals surface area contributed by atoms with Crippen LogP contribution in [-0.4, -0.2) is 35.7 Å². The van der Waals surface area contributed by atoms with Gasteiger partial charge in [-0.2, -0.15) is 0 Å². The van der Waals surface area contributed by atoms with Crippen molar-refractivity contribution in [1.82, 2.24) is 4.90 Å². The van der Waals surface area contributed by atoms with Crippen LogP contribution in [0.1, 0.15) is 36.8 Å². The van der Waals surface area contributed by atoms with E-state index in [-0.39, 0.29) is 5.41 Å². The SMILES string of the molecule is CN1CC[C@]23c4c5ccc(O)c4O[C@H]2CCC[C@H]3[C@@H]1C5. The lowest BCUT2D eigenvalue weighted by Crippen LogP contribution is -2.63. The minimum absolute atomic E-state index is 0.205. The molecule has 2 aliphatic heterocycles. The summed E-state index contributed by atoms with van der Waals surface area (Å²) in [7, 11) is 2.28. The molecular formula is C17H21NO2. The first kappa shape index (κ1) is 11.4. The number of hydrogen-bond donors (Lipinski definition) is 1. The minimum Gasteiger partial charge on any atom is -0.504 e. The average Bonchev–Trinajstić information content (AvgIpc) is 2.79. The van der Waals surface area contributed by atoms with Crippen LogP contribution in [0.25, 0.3) is 0 Å². The van der Waals surface area contributed by atoms with Crippen LogP contribution in [0.4, 0.5) is 0 Å². The maximum absolute atomic E-state index is 10.2. The quantitative estimate of drug-likeness (QED) is 0.786. The summed E-state index contributed by atoms with van der Waals surface area (Å²) in [4.78, 5) is 2.56. The molecule has 4 atom stereocenters. The Kier molecular flexibility index (Phi) is 2.01. The predicted octanol–water partition coefficient (Wildman–Crippen LogP) is 2.45. The standard InChI is InChI=1S/C17H21NO2/c1-18-8-7-17-11-3-2-4-14(17)20-16-13(19)6-5-10(15(16)17)9-12(11)18/h5-6,11-12,14,19H,2-4,7-9H2,1H3/t11-,12-,14-,17+/m0/s1. The summed E-state index contributed by atoms with van der Waals surface area (Å²) < 4.78 is 6.28. The Morgan fingerprint density at radius 1 is 1.35 bits per heavy atom. The molecule has 2 fully saturated rings. The van der Waals surface area contributed by atoms with E-state index < -0.39 is 0 Å². The first-order valence-corrected chi connectivity index (χ1v) is 7.94. The summed E-state index contributed by atoms with van der Waals surface area (Å²) in [6.07, 6.45) is 6.37. The average molecular weight is 271 g/mol. The van der Waals surface area contributed by atoms with Crippen molar-refractivity contribution in [2.75, 3.05) is 13.6 Å². The van der Waals surface area contributed by atoms with Gasteiger partial charge >= 0.3 is 0 Å². The highest BCUT2D eigenvalue weighted by molar-refractivity contribution is 5.60. The number of ether oxygens (including phenoxy) is 1. The summed E-state index contributed by atoms with van der Waals surface area (Å²) in [5, 5.41) is 10.2. The van der Waals surface area contributed by atoms with Gasteiger partial charge in [-0.3, -0.25) is 0 Å². The fourth-order valence-electron chi connectivity index (χ4n) is 5.71. The summed E-state index contributed by atoms with van der Waals surface area (Å²) in [5.41, 5.74) is 3.02. The topological polar surface area (TPSA) is 32.7 Å². The Balaban J connectivity index is 1.82. The van der Waals surface area contributed by atoms with Crippen molar-refractivity contribution in [3.63, 3.8) is 0 Å². The van der Waals surface area contributed by atoms with Crippen LogP contribution < -0.4 is 4.74 Å². The van der Waals surface area contributed by atoms with Gasteiger partial charge in [0, 0.05) is 17.0 Å². The number of nitrogens with zero attached hydrogens (tertiary/aromatic N) is 1. The van der Waals surface area contributed by atoms with Crippen LogP contribution in [0.3, 0.4) is 0 Å². The molecule has 0 unspecified atom stereocenters. The van der Waals surface area contributed by atoms with Crippen molar-refractivity contribution in [3.8, 4) is 11.5 Å². The van der Waals surface area contributed by atoms with Gasteiger partial charge in [0.25, 0.3) is 0 Å². The summed E-state index contributed by atoms with van der Waals surface area (Å²) >= 11 is 0. The number of benzene rings is 1. The Hall–Kier alpha value is -1.22. The van der Waals surface area contributed by atoms with E-state index >= 15 is 0 Å². The van der Waals surface area contributed by atoms with Gasteiger partial charge in [0.2, 0.25) is 0 Å². The van der Waals surface area contributed by atoms with E-state index in [1.54, 1.807) is 0 Å². The van der Waals surface area contributed by atoms with Crippen LogP contribution in [0.5, 0.6) is 11.5 Å². The fraction of sp³-hybridized carbons (Fsp3) is 0.647. The molecule has 1 N–H and O–H groups in total. The van der Waals surface area contributed by atoms with E-state index in [4.69, 9.17) is 4.74 Å². The van der Waals surface area contributed by atoms with Gasteiger partial charge in [-0.05, 0) is 63.2 Å².